The van der Waals surface area contributed by atoms with Crippen molar-refractivity contribution in [1.29, 1.82) is 0 Å². The van der Waals surface area contributed by atoms with Gasteiger partial charge in [-0.25, -0.2) is 0 Å². The zero-order valence-electron chi connectivity index (χ0n) is 14.6. The normalized spacial score (nSPS) is 15.9. The zero-order valence-corrected chi connectivity index (χ0v) is 14.6. The van der Waals surface area contributed by atoms with Gasteiger partial charge < -0.3 is 19.7 Å². The van der Waals surface area contributed by atoms with Gasteiger partial charge in [-0.2, -0.15) is 0 Å². The number of nitrogens with zero attached hydrogens (tertiary/aromatic N) is 1. The van der Waals surface area contributed by atoms with Crippen LogP contribution in [0.5, 0.6) is 5.75 Å². The first-order valence-electron chi connectivity index (χ1n) is 8.36. The summed E-state index contributed by atoms with van der Waals surface area (Å²) < 4.78 is 10.7. The van der Waals surface area contributed by atoms with Crippen molar-refractivity contribution in [2.45, 2.75) is 32.7 Å². The maximum atomic E-state index is 12.2. The number of hydrogen-bond acceptors (Lipinski definition) is 4. The summed E-state index contributed by atoms with van der Waals surface area (Å²) in [5, 5.41) is 2.68. The number of carbonyl (C=O) groups excluding carboxylic acids is 2. The van der Waals surface area contributed by atoms with Crippen LogP contribution in [0, 0.1) is 0 Å². The van der Waals surface area contributed by atoms with Gasteiger partial charge in [0.2, 0.25) is 5.91 Å². The van der Waals surface area contributed by atoms with Crippen LogP contribution in [0.25, 0.3) is 0 Å². The Morgan fingerprint density at radius 2 is 1.79 bits per heavy atom. The third kappa shape index (κ3) is 5.23. The molecular formula is C18H26N2O4. The van der Waals surface area contributed by atoms with Gasteiger partial charge in [-0.15, -0.1) is 0 Å². The fourth-order valence-corrected chi connectivity index (χ4v) is 2.50. The summed E-state index contributed by atoms with van der Waals surface area (Å²) in [5.41, 5.74) is 1.22. The highest BCUT2D eigenvalue weighted by Gasteiger charge is 2.23. The molecule has 0 aliphatic carbocycles. The van der Waals surface area contributed by atoms with E-state index in [4.69, 9.17) is 9.47 Å². The fourth-order valence-electron chi connectivity index (χ4n) is 2.50. The molecule has 2 amide bonds. The number of morpholine rings is 1. The van der Waals surface area contributed by atoms with Gasteiger partial charge in [0.25, 0.3) is 5.91 Å². The van der Waals surface area contributed by atoms with Gasteiger partial charge in [-0.05, 0) is 30.5 Å². The number of hydrogen-bond donors (Lipinski definition) is 1. The summed E-state index contributed by atoms with van der Waals surface area (Å²) in [7, 11) is 0. The Bertz CT molecular complexity index is 551. The summed E-state index contributed by atoms with van der Waals surface area (Å²) in [6.45, 7) is 8.04. The SMILES string of the molecule is CC(C)c1ccc(OCC(=O)N[C@H](C)C(=O)N2CCOCC2)cc1. The Balaban J connectivity index is 1.76. The molecule has 1 saturated heterocycles. The first-order chi connectivity index (χ1) is 11.5. The summed E-state index contributed by atoms with van der Waals surface area (Å²) in [6, 6.07) is 7.11. The molecule has 132 valence electrons. The van der Waals surface area contributed by atoms with E-state index in [-0.39, 0.29) is 18.4 Å². The van der Waals surface area contributed by atoms with Gasteiger partial charge >= 0.3 is 0 Å². The first-order valence-corrected chi connectivity index (χ1v) is 8.36. The van der Waals surface area contributed by atoms with E-state index in [9.17, 15) is 9.59 Å². The Labute approximate surface area is 143 Å². The molecule has 1 aliphatic rings. The van der Waals surface area contributed by atoms with Crippen LogP contribution in [0.2, 0.25) is 0 Å². The van der Waals surface area contributed by atoms with Crippen molar-refractivity contribution in [3.63, 3.8) is 0 Å². The second-order valence-corrected chi connectivity index (χ2v) is 6.24. The molecule has 6 heteroatoms. The van der Waals surface area contributed by atoms with E-state index in [1.807, 2.05) is 24.3 Å². The molecule has 1 fully saturated rings. The zero-order chi connectivity index (χ0) is 17.5. The predicted molar refractivity (Wildman–Crippen MR) is 91.0 cm³/mol. The Morgan fingerprint density at radius 1 is 1.17 bits per heavy atom. The Hall–Kier alpha value is -2.08. The van der Waals surface area contributed by atoms with Gasteiger partial charge in [0.1, 0.15) is 11.8 Å². The largest absolute Gasteiger partial charge is 0.484 e. The molecule has 1 N–H and O–H groups in total. The van der Waals surface area contributed by atoms with Crippen LogP contribution in [0.1, 0.15) is 32.3 Å². The molecule has 2 rings (SSSR count). The maximum absolute atomic E-state index is 12.2. The number of ether oxygens (including phenoxy) is 2. The highest BCUT2D eigenvalue weighted by Crippen LogP contribution is 2.18. The molecule has 0 radical (unpaired) electrons. The topological polar surface area (TPSA) is 67.9 Å². The highest BCUT2D eigenvalue weighted by molar-refractivity contribution is 5.87. The van der Waals surface area contributed by atoms with Crippen molar-refractivity contribution in [3.05, 3.63) is 29.8 Å². The van der Waals surface area contributed by atoms with Crippen LogP contribution >= 0.6 is 0 Å². The molecule has 1 aromatic carbocycles. The van der Waals surface area contributed by atoms with E-state index < -0.39 is 6.04 Å². The van der Waals surface area contributed by atoms with E-state index in [2.05, 4.69) is 19.2 Å². The average Bonchev–Trinajstić information content (AvgIpc) is 2.60. The molecule has 0 aromatic heterocycles. The molecular weight excluding hydrogens is 308 g/mol. The van der Waals surface area contributed by atoms with Gasteiger partial charge in [-0.1, -0.05) is 26.0 Å². The second kappa shape index (κ2) is 8.68. The number of benzene rings is 1. The van der Waals surface area contributed by atoms with Crippen LogP contribution < -0.4 is 10.1 Å². The van der Waals surface area contributed by atoms with Crippen molar-refractivity contribution in [1.82, 2.24) is 10.2 Å². The predicted octanol–water partition coefficient (Wildman–Crippen LogP) is 1.55. The fraction of sp³-hybridized carbons (Fsp3) is 0.556. The van der Waals surface area contributed by atoms with Crippen molar-refractivity contribution in [2.24, 2.45) is 0 Å². The number of rotatable bonds is 6. The minimum atomic E-state index is -0.567. The average molecular weight is 334 g/mol. The van der Waals surface area contributed by atoms with Crippen LogP contribution in [0.4, 0.5) is 0 Å². The van der Waals surface area contributed by atoms with E-state index in [0.717, 1.165) is 0 Å². The van der Waals surface area contributed by atoms with E-state index >= 15 is 0 Å². The van der Waals surface area contributed by atoms with Crippen molar-refractivity contribution in [3.8, 4) is 5.75 Å². The maximum Gasteiger partial charge on any atom is 0.258 e. The number of carbonyl (C=O) groups is 2. The summed E-state index contributed by atoms with van der Waals surface area (Å²) in [4.78, 5) is 25.9. The Morgan fingerprint density at radius 3 is 2.38 bits per heavy atom. The molecule has 24 heavy (non-hydrogen) atoms. The van der Waals surface area contributed by atoms with E-state index in [1.165, 1.54) is 5.56 Å². The lowest BCUT2D eigenvalue weighted by molar-refractivity contribution is -0.139. The molecule has 0 spiro atoms. The molecule has 0 saturated carbocycles. The van der Waals surface area contributed by atoms with Crippen LogP contribution in [0.15, 0.2) is 24.3 Å². The van der Waals surface area contributed by atoms with Gasteiger partial charge in [-0.3, -0.25) is 9.59 Å². The van der Waals surface area contributed by atoms with E-state index in [0.29, 0.717) is 38.0 Å². The molecule has 1 heterocycles. The number of amides is 2. The smallest absolute Gasteiger partial charge is 0.258 e. The minimum absolute atomic E-state index is 0.0899. The molecule has 0 bridgehead atoms. The van der Waals surface area contributed by atoms with Crippen molar-refractivity contribution in [2.75, 3.05) is 32.9 Å². The third-order valence-corrected chi connectivity index (χ3v) is 3.99. The first kappa shape index (κ1) is 18.3. The van der Waals surface area contributed by atoms with E-state index in [1.54, 1.807) is 11.8 Å². The highest BCUT2D eigenvalue weighted by atomic mass is 16.5. The monoisotopic (exact) mass is 334 g/mol. The standard InChI is InChI=1S/C18H26N2O4/c1-13(2)15-4-6-16(7-5-15)24-12-17(21)19-14(3)18(22)20-8-10-23-11-9-20/h4-7,13-14H,8-12H2,1-3H3,(H,19,21)/t14-/m1/s1. The lowest BCUT2D eigenvalue weighted by Crippen LogP contribution is -2.51. The van der Waals surface area contributed by atoms with Crippen molar-refractivity contribution >= 4 is 11.8 Å². The Kier molecular flexibility index (Phi) is 6.61. The van der Waals surface area contributed by atoms with Gasteiger partial charge in [0.15, 0.2) is 6.61 Å². The summed E-state index contributed by atoms with van der Waals surface area (Å²) in [5.74, 6) is 0.695. The lowest BCUT2D eigenvalue weighted by Gasteiger charge is -2.29. The van der Waals surface area contributed by atoms with Crippen molar-refractivity contribution < 1.29 is 19.1 Å². The van der Waals surface area contributed by atoms with Gasteiger partial charge in [0.05, 0.1) is 13.2 Å². The summed E-state index contributed by atoms with van der Waals surface area (Å²) >= 11 is 0. The van der Waals surface area contributed by atoms with Crippen LogP contribution in [-0.2, 0) is 14.3 Å². The summed E-state index contributed by atoms with van der Waals surface area (Å²) in [6.07, 6.45) is 0. The van der Waals surface area contributed by atoms with Gasteiger partial charge in [0, 0.05) is 13.1 Å². The lowest BCUT2D eigenvalue weighted by atomic mass is 10.0. The molecule has 1 aliphatic heterocycles. The van der Waals surface area contributed by atoms with Crippen LogP contribution in [-0.4, -0.2) is 55.7 Å². The molecule has 0 unspecified atom stereocenters. The molecule has 1 atom stereocenters. The minimum Gasteiger partial charge on any atom is -0.484 e. The second-order valence-electron chi connectivity index (χ2n) is 6.24. The third-order valence-electron chi connectivity index (χ3n) is 3.99. The molecule has 1 aromatic rings. The van der Waals surface area contributed by atoms with Crippen LogP contribution in [0.3, 0.4) is 0 Å². The molecule has 6 nitrogen and oxygen atoms in total. The number of nitrogens with one attached hydrogen (secondary N) is 1. The quantitative estimate of drug-likeness (QED) is 0.857.